The number of rotatable bonds is 3. The Morgan fingerprint density at radius 1 is 1.45 bits per heavy atom. The van der Waals surface area contributed by atoms with Gasteiger partial charge in [-0.15, -0.1) is 0 Å². The van der Waals surface area contributed by atoms with Gasteiger partial charge in [-0.25, -0.2) is 0 Å². The number of fused-ring (bicyclic) bond motifs is 1. The first kappa shape index (κ1) is 13.6. The molecule has 20 heavy (non-hydrogen) atoms. The Bertz CT molecular complexity index is 478. The van der Waals surface area contributed by atoms with Crippen molar-refractivity contribution in [1.29, 1.82) is 0 Å². The number of aromatic amines is 1. The summed E-state index contributed by atoms with van der Waals surface area (Å²) in [5, 5.41) is 7.17. The van der Waals surface area contributed by atoms with E-state index in [1.165, 1.54) is 12.0 Å². The van der Waals surface area contributed by atoms with E-state index in [2.05, 4.69) is 15.1 Å². The smallest absolute Gasteiger partial charge is 0.223 e. The number of aryl methyl sites for hydroxylation is 2. The maximum atomic E-state index is 12.5. The maximum absolute atomic E-state index is 12.5. The highest BCUT2D eigenvalue weighted by Gasteiger charge is 2.38. The molecule has 0 bridgehead atoms. The van der Waals surface area contributed by atoms with Crippen molar-refractivity contribution < 1.29 is 9.53 Å². The van der Waals surface area contributed by atoms with Crippen molar-refractivity contribution in [2.24, 2.45) is 0 Å². The summed E-state index contributed by atoms with van der Waals surface area (Å²) >= 11 is 0. The van der Waals surface area contributed by atoms with E-state index < -0.39 is 0 Å². The van der Waals surface area contributed by atoms with Crippen LogP contribution in [0.1, 0.15) is 42.6 Å². The number of hydrogen-bond donors (Lipinski definition) is 1. The van der Waals surface area contributed by atoms with Crippen LogP contribution in [0.4, 0.5) is 0 Å². The number of carbonyl (C=O) groups is 1. The van der Waals surface area contributed by atoms with E-state index in [0.717, 1.165) is 37.2 Å². The summed E-state index contributed by atoms with van der Waals surface area (Å²) in [6.45, 7) is 5.45. The molecule has 2 heterocycles. The Hall–Kier alpha value is -1.36. The summed E-state index contributed by atoms with van der Waals surface area (Å²) in [6.07, 6.45) is 5.02. The van der Waals surface area contributed by atoms with Crippen LogP contribution in [0.2, 0.25) is 0 Å². The molecule has 0 spiro atoms. The first-order valence-electron chi connectivity index (χ1n) is 7.58. The lowest BCUT2D eigenvalue weighted by molar-refractivity contribution is -0.143. The Morgan fingerprint density at radius 2 is 2.30 bits per heavy atom. The van der Waals surface area contributed by atoms with Crippen molar-refractivity contribution in [3.05, 3.63) is 17.0 Å². The largest absolute Gasteiger partial charge is 0.374 e. The summed E-state index contributed by atoms with van der Waals surface area (Å²) in [5.41, 5.74) is 3.28. The summed E-state index contributed by atoms with van der Waals surface area (Å²) in [7, 11) is 0. The Morgan fingerprint density at radius 3 is 3.05 bits per heavy atom. The Balaban J connectivity index is 1.61. The molecule has 2 atom stereocenters. The molecule has 1 N–H and O–H groups in total. The van der Waals surface area contributed by atoms with Crippen LogP contribution >= 0.6 is 0 Å². The van der Waals surface area contributed by atoms with Crippen molar-refractivity contribution in [2.45, 2.75) is 58.1 Å². The molecule has 5 heteroatoms. The number of amides is 1. The van der Waals surface area contributed by atoms with Crippen LogP contribution in [0.25, 0.3) is 0 Å². The molecule has 1 aliphatic heterocycles. The van der Waals surface area contributed by atoms with Gasteiger partial charge >= 0.3 is 0 Å². The van der Waals surface area contributed by atoms with Crippen molar-refractivity contribution in [3.8, 4) is 0 Å². The second-order valence-corrected chi connectivity index (χ2v) is 5.91. The molecule has 3 rings (SSSR count). The van der Waals surface area contributed by atoms with Crippen molar-refractivity contribution in [3.63, 3.8) is 0 Å². The van der Waals surface area contributed by atoms with Crippen LogP contribution in [0.3, 0.4) is 0 Å². The maximum Gasteiger partial charge on any atom is 0.223 e. The number of aromatic nitrogens is 2. The first-order chi connectivity index (χ1) is 9.66. The number of ether oxygens (including phenoxy) is 1. The van der Waals surface area contributed by atoms with Gasteiger partial charge in [0.25, 0.3) is 0 Å². The van der Waals surface area contributed by atoms with Crippen molar-refractivity contribution in [2.75, 3.05) is 13.2 Å². The highest BCUT2D eigenvalue weighted by atomic mass is 16.5. The third-order valence-electron chi connectivity index (χ3n) is 4.67. The number of nitrogens with zero attached hydrogens (tertiary/aromatic N) is 2. The molecule has 1 aromatic heterocycles. The lowest BCUT2D eigenvalue weighted by Crippen LogP contribution is -2.51. The molecule has 2 unspecified atom stereocenters. The number of nitrogens with one attached hydrogen (secondary N) is 1. The second kappa shape index (κ2) is 5.56. The number of morpholine rings is 1. The fourth-order valence-corrected chi connectivity index (χ4v) is 3.55. The standard InChI is InChI=1S/C15H23N3O2/c1-10-12(11(2)17-16-10)6-7-15(19)18-8-9-20-14-5-3-4-13(14)18/h13-14H,3-9H2,1-2H3,(H,16,17). The average Bonchev–Trinajstić information content (AvgIpc) is 3.03. The van der Waals surface area contributed by atoms with Crippen LogP contribution < -0.4 is 0 Å². The van der Waals surface area contributed by atoms with Gasteiger partial charge in [-0.3, -0.25) is 9.89 Å². The van der Waals surface area contributed by atoms with E-state index in [4.69, 9.17) is 4.74 Å². The number of hydrogen-bond acceptors (Lipinski definition) is 3. The van der Waals surface area contributed by atoms with Crippen LogP contribution in [-0.4, -0.2) is 46.3 Å². The van der Waals surface area contributed by atoms with E-state index in [-0.39, 0.29) is 12.0 Å². The minimum atomic E-state index is 0.269. The van der Waals surface area contributed by atoms with Gasteiger partial charge in [-0.2, -0.15) is 5.10 Å². The summed E-state index contributed by atoms with van der Waals surface area (Å²) in [6, 6.07) is 0.322. The van der Waals surface area contributed by atoms with Gasteiger partial charge in [0, 0.05) is 18.7 Å². The van der Waals surface area contributed by atoms with E-state index in [0.29, 0.717) is 19.1 Å². The molecule has 110 valence electrons. The fourth-order valence-electron chi connectivity index (χ4n) is 3.55. The van der Waals surface area contributed by atoms with E-state index in [1.807, 2.05) is 13.8 Å². The van der Waals surface area contributed by atoms with Gasteiger partial charge in [0.2, 0.25) is 5.91 Å². The molecular formula is C15H23N3O2. The predicted molar refractivity (Wildman–Crippen MR) is 75.5 cm³/mol. The zero-order valence-corrected chi connectivity index (χ0v) is 12.3. The van der Waals surface area contributed by atoms with Crippen LogP contribution in [0.15, 0.2) is 0 Å². The molecule has 0 aromatic carbocycles. The molecular weight excluding hydrogens is 254 g/mol. The third kappa shape index (κ3) is 2.46. The molecule has 1 aromatic rings. The van der Waals surface area contributed by atoms with E-state index >= 15 is 0 Å². The van der Waals surface area contributed by atoms with E-state index in [9.17, 15) is 4.79 Å². The summed E-state index contributed by atoms with van der Waals surface area (Å²) < 4.78 is 5.76. The van der Waals surface area contributed by atoms with Gasteiger partial charge in [-0.05, 0) is 45.1 Å². The average molecular weight is 277 g/mol. The SMILES string of the molecule is Cc1n[nH]c(C)c1CCC(=O)N1CCOC2CCCC21. The lowest BCUT2D eigenvalue weighted by atomic mass is 10.1. The van der Waals surface area contributed by atoms with E-state index in [1.54, 1.807) is 0 Å². The highest BCUT2D eigenvalue weighted by Crippen LogP contribution is 2.30. The first-order valence-corrected chi connectivity index (χ1v) is 7.58. The van der Waals surface area contributed by atoms with Gasteiger partial charge in [0.05, 0.1) is 24.4 Å². The van der Waals surface area contributed by atoms with Crippen molar-refractivity contribution in [1.82, 2.24) is 15.1 Å². The van der Waals surface area contributed by atoms with Crippen LogP contribution in [-0.2, 0) is 16.0 Å². The topological polar surface area (TPSA) is 58.2 Å². The Labute approximate surface area is 119 Å². The minimum absolute atomic E-state index is 0.269. The number of carbonyl (C=O) groups excluding carboxylic acids is 1. The predicted octanol–water partition coefficient (Wildman–Crippen LogP) is 1.74. The Kier molecular flexibility index (Phi) is 3.78. The zero-order chi connectivity index (χ0) is 14.1. The van der Waals surface area contributed by atoms with Gasteiger partial charge < -0.3 is 9.64 Å². The normalized spacial score (nSPS) is 25.8. The lowest BCUT2D eigenvalue weighted by Gasteiger charge is -2.37. The van der Waals surface area contributed by atoms with Crippen molar-refractivity contribution >= 4 is 5.91 Å². The summed E-state index contributed by atoms with van der Waals surface area (Å²) in [4.78, 5) is 14.6. The van der Waals surface area contributed by atoms with Gasteiger partial charge in [0.15, 0.2) is 0 Å². The molecule has 1 saturated heterocycles. The van der Waals surface area contributed by atoms with Gasteiger partial charge in [-0.1, -0.05) is 0 Å². The molecule has 1 saturated carbocycles. The number of H-pyrrole nitrogens is 1. The zero-order valence-electron chi connectivity index (χ0n) is 12.3. The molecule has 5 nitrogen and oxygen atoms in total. The van der Waals surface area contributed by atoms with Gasteiger partial charge in [0.1, 0.15) is 0 Å². The molecule has 2 aliphatic rings. The quantitative estimate of drug-likeness (QED) is 0.915. The second-order valence-electron chi connectivity index (χ2n) is 5.91. The third-order valence-corrected chi connectivity index (χ3v) is 4.67. The monoisotopic (exact) mass is 277 g/mol. The highest BCUT2D eigenvalue weighted by molar-refractivity contribution is 5.77. The molecule has 1 aliphatic carbocycles. The summed E-state index contributed by atoms with van der Waals surface area (Å²) in [5.74, 6) is 0.269. The molecule has 0 radical (unpaired) electrons. The fraction of sp³-hybridized carbons (Fsp3) is 0.733. The van der Waals surface area contributed by atoms with Crippen LogP contribution in [0.5, 0.6) is 0 Å². The van der Waals surface area contributed by atoms with Crippen LogP contribution in [0, 0.1) is 13.8 Å². The molecule has 2 fully saturated rings. The minimum Gasteiger partial charge on any atom is -0.374 e. The molecule has 1 amide bonds.